The Morgan fingerprint density at radius 3 is 2.14 bits per heavy atom. The molecule has 3 N–H and O–H groups in total. The van der Waals surface area contributed by atoms with Gasteiger partial charge in [0.05, 0.1) is 11.4 Å². The van der Waals surface area contributed by atoms with Gasteiger partial charge in [-0.15, -0.1) is 6.42 Å². The van der Waals surface area contributed by atoms with E-state index < -0.39 is 32.8 Å². The van der Waals surface area contributed by atoms with Crippen LogP contribution in [0.3, 0.4) is 0 Å². The van der Waals surface area contributed by atoms with Crippen molar-refractivity contribution in [3.8, 4) is 23.8 Å². The first-order valence-electron chi connectivity index (χ1n) is 9.91. The highest BCUT2D eigenvalue weighted by Gasteiger charge is 2.58. The maximum Gasteiger partial charge on any atom is 0.490 e. The van der Waals surface area contributed by atoms with Gasteiger partial charge in [-0.3, -0.25) is 14.9 Å². The Bertz CT molecular complexity index is 1180. The van der Waals surface area contributed by atoms with Crippen LogP contribution in [0.1, 0.15) is 12.8 Å². The summed E-state index contributed by atoms with van der Waals surface area (Å²) in [5, 5.41) is 16.3. The summed E-state index contributed by atoms with van der Waals surface area (Å²) < 4.78 is 64.2. The number of likely N-dealkylation sites (tertiary alicyclic amines) is 1. The highest BCUT2D eigenvalue weighted by atomic mass is 32.2. The monoisotopic (exact) mass is 514 g/mol. The first-order chi connectivity index (χ1) is 16.4. The summed E-state index contributed by atoms with van der Waals surface area (Å²) in [5.41, 5.74) is 1.50. The molecule has 9 nitrogen and oxygen atoms in total. The third kappa shape index (κ3) is 6.10. The van der Waals surface area contributed by atoms with Crippen LogP contribution in [0.2, 0.25) is 0 Å². The van der Waals surface area contributed by atoms with E-state index in [9.17, 15) is 31.6 Å². The van der Waals surface area contributed by atoms with Gasteiger partial charge in [0.15, 0.2) is 0 Å². The van der Waals surface area contributed by atoms with Gasteiger partial charge < -0.3 is 9.84 Å². The number of para-hydroxylation sites is 1. The molecule has 1 amide bonds. The fraction of sp³-hybridized carbons (Fsp3) is 0.273. The summed E-state index contributed by atoms with van der Waals surface area (Å²) in [6, 6.07) is 14.9. The third-order valence-electron chi connectivity index (χ3n) is 4.99. The predicted octanol–water partition coefficient (Wildman–Crippen LogP) is 2.82. The van der Waals surface area contributed by atoms with Crippen LogP contribution < -0.4 is 10.2 Å². The van der Waals surface area contributed by atoms with Gasteiger partial charge in [-0.25, -0.2) is 18.7 Å². The summed E-state index contributed by atoms with van der Waals surface area (Å²) in [7, 11) is -4.17. The lowest BCUT2D eigenvalue weighted by Gasteiger charge is -2.34. The van der Waals surface area contributed by atoms with E-state index in [0.29, 0.717) is 24.5 Å². The highest BCUT2D eigenvalue weighted by Crippen LogP contribution is 2.39. The number of amides is 1. The molecule has 0 bridgehead atoms. The number of carboxylic acids is 1. The molecule has 1 saturated heterocycles. The van der Waals surface area contributed by atoms with Crippen LogP contribution in [0.15, 0.2) is 59.5 Å². The lowest BCUT2D eigenvalue weighted by Crippen LogP contribution is -2.59. The van der Waals surface area contributed by atoms with Crippen molar-refractivity contribution in [2.24, 2.45) is 0 Å². The SMILES string of the molecule is C#CCN1CCC[C@]1(C(=O)NO)S(=O)(=O)c1ccc(Oc2ccccc2)cc1.O=C(O)C(F)(F)F. The number of carbonyl (C=O) groups is 2. The van der Waals surface area contributed by atoms with Gasteiger partial charge in [0, 0.05) is 6.54 Å². The van der Waals surface area contributed by atoms with Crippen molar-refractivity contribution in [2.45, 2.75) is 28.8 Å². The molecule has 35 heavy (non-hydrogen) atoms. The summed E-state index contributed by atoms with van der Waals surface area (Å²) >= 11 is 0. The number of nitrogens with zero attached hydrogens (tertiary/aromatic N) is 1. The lowest BCUT2D eigenvalue weighted by molar-refractivity contribution is -0.192. The second-order valence-electron chi connectivity index (χ2n) is 7.15. The Hall–Kier alpha value is -3.60. The van der Waals surface area contributed by atoms with Gasteiger partial charge in [0.25, 0.3) is 5.91 Å². The molecule has 188 valence electrons. The normalized spacial score (nSPS) is 18.0. The number of sulfone groups is 1. The number of rotatable bonds is 6. The van der Waals surface area contributed by atoms with E-state index in [4.69, 9.17) is 21.1 Å². The Morgan fingerprint density at radius 1 is 1.11 bits per heavy atom. The van der Waals surface area contributed by atoms with Gasteiger partial charge in [0.1, 0.15) is 11.5 Å². The van der Waals surface area contributed by atoms with Gasteiger partial charge in [-0.2, -0.15) is 13.2 Å². The molecule has 3 rings (SSSR count). The van der Waals surface area contributed by atoms with Crippen LogP contribution in [0.5, 0.6) is 11.5 Å². The summed E-state index contributed by atoms with van der Waals surface area (Å²) in [5.74, 6) is -0.311. The molecule has 1 atom stereocenters. The number of carbonyl (C=O) groups excluding carboxylic acids is 1. The van der Waals surface area contributed by atoms with Crippen LogP contribution >= 0.6 is 0 Å². The lowest BCUT2D eigenvalue weighted by atomic mass is 10.2. The largest absolute Gasteiger partial charge is 0.490 e. The molecule has 1 aliphatic heterocycles. The minimum Gasteiger partial charge on any atom is -0.475 e. The Labute approximate surface area is 199 Å². The number of ether oxygens (including phenoxy) is 1. The number of hydroxylamine groups is 1. The van der Waals surface area contributed by atoms with E-state index in [2.05, 4.69) is 5.92 Å². The zero-order valence-electron chi connectivity index (χ0n) is 18.0. The second kappa shape index (κ2) is 11.2. The van der Waals surface area contributed by atoms with Gasteiger partial charge in [-0.05, 0) is 49.2 Å². The van der Waals surface area contributed by atoms with Crippen LogP contribution in [-0.4, -0.2) is 59.6 Å². The number of hydrogen-bond acceptors (Lipinski definition) is 7. The van der Waals surface area contributed by atoms with Crippen molar-refractivity contribution >= 4 is 21.7 Å². The Kier molecular flexibility index (Phi) is 8.86. The van der Waals surface area contributed by atoms with Crippen molar-refractivity contribution in [3.05, 3.63) is 54.6 Å². The quantitative estimate of drug-likeness (QED) is 0.305. The molecule has 0 saturated carbocycles. The first kappa shape index (κ1) is 27.6. The van der Waals surface area contributed by atoms with Crippen LogP contribution in [0.4, 0.5) is 13.2 Å². The third-order valence-corrected chi connectivity index (χ3v) is 7.42. The van der Waals surface area contributed by atoms with E-state index in [1.54, 1.807) is 12.1 Å². The molecule has 1 fully saturated rings. The summed E-state index contributed by atoms with van der Waals surface area (Å²) in [4.78, 5) is 20.8. The zero-order valence-corrected chi connectivity index (χ0v) is 18.8. The molecule has 1 aliphatic rings. The highest BCUT2D eigenvalue weighted by molar-refractivity contribution is 7.93. The number of hydrogen-bond donors (Lipinski definition) is 3. The smallest absolute Gasteiger partial charge is 0.475 e. The minimum absolute atomic E-state index is 0.0259. The average Bonchev–Trinajstić information content (AvgIpc) is 3.25. The fourth-order valence-corrected chi connectivity index (χ4v) is 5.53. The number of halogens is 3. The Morgan fingerprint density at radius 2 is 1.66 bits per heavy atom. The molecular formula is C22H21F3N2O7S. The second-order valence-corrected chi connectivity index (χ2v) is 9.30. The number of aliphatic carboxylic acids is 1. The number of nitrogens with one attached hydrogen (secondary N) is 1. The number of terminal acetylenes is 1. The maximum absolute atomic E-state index is 13.4. The molecule has 1 heterocycles. The van der Waals surface area contributed by atoms with Crippen LogP contribution in [0, 0.1) is 12.3 Å². The van der Waals surface area contributed by atoms with Gasteiger partial charge in [0.2, 0.25) is 14.7 Å². The molecule has 0 radical (unpaired) electrons. The first-order valence-corrected chi connectivity index (χ1v) is 11.4. The summed E-state index contributed by atoms with van der Waals surface area (Å²) in [6.45, 7) is 0.313. The topological polar surface area (TPSA) is 133 Å². The van der Waals surface area contributed by atoms with Crippen molar-refractivity contribution < 1.29 is 46.2 Å². The maximum atomic E-state index is 13.4. The van der Waals surface area contributed by atoms with Gasteiger partial charge >= 0.3 is 12.1 Å². The van der Waals surface area contributed by atoms with Crippen LogP contribution in [0.25, 0.3) is 0 Å². The van der Waals surface area contributed by atoms with E-state index in [1.807, 2.05) is 18.2 Å². The molecule has 0 aromatic heterocycles. The Balaban J connectivity index is 0.000000540. The average molecular weight is 514 g/mol. The molecule has 2 aromatic rings. The van der Waals surface area contributed by atoms with Crippen LogP contribution in [-0.2, 0) is 19.4 Å². The van der Waals surface area contributed by atoms with Crippen molar-refractivity contribution in [1.29, 1.82) is 0 Å². The molecule has 0 aliphatic carbocycles. The number of benzene rings is 2. The number of alkyl halides is 3. The van der Waals surface area contributed by atoms with Crippen molar-refractivity contribution in [2.75, 3.05) is 13.1 Å². The zero-order chi connectivity index (χ0) is 26.3. The van der Waals surface area contributed by atoms with Gasteiger partial charge in [-0.1, -0.05) is 24.1 Å². The molecule has 0 unspecified atom stereocenters. The summed E-state index contributed by atoms with van der Waals surface area (Å²) in [6.07, 6.45) is 0.761. The van der Waals surface area contributed by atoms with E-state index in [1.165, 1.54) is 34.6 Å². The fourth-order valence-electron chi connectivity index (χ4n) is 3.44. The predicted molar refractivity (Wildman–Crippen MR) is 116 cm³/mol. The number of carboxylic acid groups (broad SMARTS) is 1. The molecular weight excluding hydrogens is 493 g/mol. The van der Waals surface area contributed by atoms with Crippen molar-refractivity contribution in [1.82, 2.24) is 10.4 Å². The van der Waals surface area contributed by atoms with E-state index >= 15 is 0 Å². The molecule has 13 heteroatoms. The molecule has 2 aromatic carbocycles. The van der Waals surface area contributed by atoms with E-state index in [0.717, 1.165) is 0 Å². The molecule has 0 spiro atoms. The van der Waals surface area contributed by atoms with E-state index in [-0.39, 0.29) is 17.9 Å². The minimum atomic E-state index is -5.08. The van der Waals surface area contributed by atoms with Crippen molar-refractivity contribution in [3.63, 3.8) is 0 Å². The standard InChI is InChI=1S/C20H20N2O5S.C2HF3O2/c1-2-14-22-15-6-13-20(22,19(23)21-24)28(25,26)18-11-9-17(10-12-18)27-16-7-4-3-5-8-16;3-2(4,5)1(6)7/h1,3-5,7-12,24H,6,13-15H2,(H,21,23);(H,6,7)/t20-;/m1./s1.